The van der Waals surface area contributed by atoms with Crippen molar-refractivity contribution in [3.8, 4) is 5.75 Å². The number of benzene rings is 1. The molecule has 0 bridgehead atoms. The lowest BCUT2D eigenvalue weighted by molar-refractivity contribution is -0.319. The van der Waals surface area contributed by atoms with Crippen molar-refractivity contribution in [1.29, 1.82) is 0 Å². The van der Waals surface area contributed by atoms with Crippen LogP contribution in [0.3, 0.4) is 0 Å². The van der Waals surface area contributed by atoms with Gasteiger partial charge in [-0.1, -0.05) is 41.5 Å². The molecule has 16 nitrogen and oxygen atoms in total. The minimum absolute atomic E-state index is 0.0463. The fourth-order valence-corrected chi connectivity index (χ4v) is 11.7. The van der Waals surface area contributed by atoms with Gasteiger partial charge < -0.3 is 54.0 Å². The van der Waals surface area contributed by atoms with Crippen molar-refractivity contribution in [3.63, 3.8) is 0 Å². The van der Waals surface area contributed by atoms with Gasteiger partial charge in [-0.05, 0) is 66.0 Å². The number of nitrogens with zero attached hydrogens (tertiary/aromatic N) is 1. The van der Waals surface area contributed by atoms with E-state index in [0.29, 0.717) is 33.1 Å². The van der Waals surface area contributed by atoms with Crippen LogP contribution in [0.25, 0.3) is 21.8 Å². The molecule has 2 fully saturated rings. The number of aromatic hydroxyl groups is 1. The van der Waals surface area contributed by atoms with Crippen LogP contribution < -0.4 is 10.6 Å². The van der Waals surface area contributed by atoms with Crippen molar-refractivity contribution in [2.75, 3.05) is 45.7 Å². The number of carbonyl (C=O) groups excluding carboxylic acids is 3. The Labute approximate surface area is 370 Å². The molecule has 3 aromatic rings. The molecule has 1 aromatic carbocycles. The Hall–Kier alpha value is -2.86. The van der Waals surface area contributed by atoms with Crippen molar-refractivity contribution in [2.24, 2.45) is 0 Å². The fraction of sp³-hybridized carbons (Fsp3) is 0.561. The van der Waals surface area contributed by atoms with Crippen LogP contribution in [-0.4, -0.2) is 148 Å². The largest absolute Gasteiger partial charge is 0.508 e. The summed E-state index contributed by atoms with van der Waals surface area (Å²) in [5.74, 6) is -0.580. The van der Waals surface area contributed by atoms with E-state index in [2.05, 4.69) is 20.6 Å². The molecule has 1 aliphatic carbocycles. The van der Waals surface area contributed by atoms with Crippen LogP contribution in [0, 0.1) is 0 Å². The molecule has 4 heterocycles. The number of aliphatic hydroxyl groups is 2. The van der Waals surface area contributed by atoms with Crippen LogP contribution in [0.15, 0.2) is 53.4 Å². The summed E-state index contributed by atoms with van der Waals surface area (Å²) < 4.78 is 34.9. The number of carbonyl (C=O) groups is 3. The predicted molar refractivity (Wildman–Crippen MR) is 239 cm³/mol. The number of alkyl carbamates (subject to hydrolysis) is 1. The number of amides is 1. The number of ether oxygens (including phenoxy) is 6. The molecule has 0 saturated carbocycles. The minimum Gasteiger partial charge on any atom is -0.508 e. The van der Waals surface area contributed by atoms with Crippen LogP contribution in [0.5, 0.6) is 5.75 Å². The fourth-order valence-electron chi connectivity index (χ4n) is 8.28. The minimum atomic E-state index is -1.72. The lowest BCUT2D eigenvalue weighted by Crippen LogP contribution is -2.68. The van der Waals surface area contributed by atoms with Crippen LogP contribution in [0.2, 0.25) is 0 Å². The standard InChI is InChI=1S/C41H54N4O12S4/c1-20(2)43-28-19-54-31(16-30(28)52-5)57-35-37(49)41(58-7,36(48)34-33-23(11-13-42-34)24-15-22(46)9-10-27(24)44-33)21(3)56-38(35)55-18-25-26(12-14-60-61-59-8)40(4,51)17-29(47)32(25)45-39(50)53-6/h9-13,15,20-21,28,30-31,35,37-38,43-44,46,49,51H,14,16-19H2,1-8H3,(H,45,50)/b26-12+/t21?,28?,30?,31?,35?,37?,38?,40-,41?/m0/s1. The zero-order valence-corrected chi connectivity index (χ0v) is 38.5. The first-order valence-corrected chi connectivity index (χ1v) is 25.0. The van der Waals surface area contributed by atoms with E-state index in [1.54, 1.807) is 71.3 Å². The summed E-state index contributed by atoms with van der Waals surface area (Å²) >= 11 is 1.09. The number of Topliss-reactive ketones (excluding diaryl/α,β-unsaturated/α-hetero) is 2. The maximum Gasteiger partial charge on any atom is 0.411 e. The van der Waals surface area contributed by atoms with Gasteiger partial charge in [-0.2, -0.15) is 0 Å². The van der Waals surface area contributed by atoms with E-state index in [4.69, 9.17) is 28.4 Å². The van der Waals surface area contributed by atoms with Gasteiger partial charge in [-0.3, -0.25) is 19.9 Å². The highest BCUT2D eigenvalue weighted by molar-refractivity contribution is 9.09. The van der Waals surface area contributed by atoms with Crippen molar-refractivity contribution >= 4 is 82.6 Å². The Morgan fingerprint density at radius 3 is 2.64 bits per heavy atom. The molecule has 2 aromatic heterocycles. The van der Waals surface area contributed by atoms with Gasteiger partial charge in [0.1, 0.15) is 28.4 Å². The number of allylic oxidation sites excluding steroid dienone is 1. The van der Waals surface area contributed by atoms with Gasteiger partial charge in [-0.25, -0.2) is 4.79 Å². The topological polar surface area (TPSA) is 220 Å². The SMILES string of the molecule is COC(=O)NC1=C(COC2OC(C)C(SC)(C(=O)c3nccc4c3[nH]c3ccc(O)cc34)C(O)C2OC2CC(OC)C(NC(C)C)CO2)/C(=C\CSSSC)[C@@](C)(O)CC1=O. The maximum atomic E-state index is 15.1. The Morgan fingerprint density at radius 1 is 1.18 bits per heavy atom. The zero-order chi connectivity index (χ0) is 44.2. The Bertz CT molecular complexity index is 2150. The monoisotopic (exact) mass is 922 g/mol. The number of aliphatic hydroxyl groups excluding tert-OH is 1. The number of thioether (sulfide) groups is 1. The summed E-state index contributed by atoms with van der Waals surface area (Å²) in [7, 11) is 7.39. The van der Waals surface area contributed by atoms with E-state index in [9.17, 15) is 24.9 Å². The number of pyridine rings is 1. The molecule has 0 spiro atoms. The van der Waals surface area contributed by atoms with Crippen LogP contribution >= 0.6 is 43.2 Å². The Balaban J connectivity index is 1.40. The summed E-state index contributed by atoms with van der Waals surface area (Å²) in [4.78, 5) is 49.0. The summed E-state index contributed by atoms with van der Waals surface area (Å²) in [6.45, 7) is 7.03. The first kappa shape index (κ1) is 47.6. The van der Waals surface area contributed by atoms with E-state index >= 15 is 4.79 Å². The average Bonchev–Trinajstić information content (AvgIpc) is 3.59. The third-order valence-corrected chi connectivity index (χ3v) is 16.3. The molecule has 6 rings (SSSR count). The van der Waals surface area contributed by atoms with Crippen molar-refractivity contribution in [2.45, 2.75) is 100.0 Å². The van der Waals surface area contributed by atoms with Gasteiger partial charge in [0, 0.05) is 59.8 Å². The van der Waals surface area contributed by atoms with Crippen LogP contribution in [0.1, 0.15) is 51.0 Å². The smallest absolute Gasteiger partial charge is 0.411 e. The van der Waals surface area contributed by atoms with E-state index in [-0.39, 0.29) is 60.3 Å². The van der Waals surface area contributed by atoms with E-state index in [1.165, 1.54) is 31.0 Å². The number of ketones is 2. The molecule has 8 unspecified atom stereocenters. The van der Waals surface area contributed by atoms with Gasteiger partial charge in [0.25, 0.3) is 0 Å². The van der Waals surface area contributed by atoms with E-state index in [1.807, 2.05) is 20.1 Å². The molecule has 6 N–H and O–H groups in total. The van der Waals surface area contributed by atoms with Gasteiger partial charge in [0.15, 0.2) is 18.4 Å². The number of hydrogen-bond donors (Lipinski definition) is 6. The normalized spacial score (nSPS) is 30.4. The van der Waals surface area contributed by atoms with Gasteiger partial charge in [-0.15, -0.1) is 11.8 Å². The second-order valence-electron chi connectivity index (χ2n) is 15.4. The second-order valence-corrected chi connectivity index (χ2v) is 20.9. The van der Waals surface area contributed by atoms with Gasteiger partial charge >= 0.3 is 6.09 Å². The number of phenols is 1. The molecule has 3 aliphatic rings. The van der Waals surface area contributed by atoms with Crippen molar-refractivity contribution < 1.29 is 58.1 Å². The maximum absolute atomic E-state index is 15.1. The highest BCUT2D eigenvalue weighted by Crippen LogP contribution is 2.46. The molecule has 20 heteroatoms. The lowest BCUT2D eigenvalue weighted by atomic mass is 9.78. The highest BCUT2D eigenvalue weighted by Gasteiger charge is 2.61. The molecule has 1 amide bonds. The zero-order valence-electron chi connectivity index (χ0n) is 35.2. The van der Waals surface area contributed by atoms with Gasteiger partial charge in [0.2, 0.25) is 5.78 Å². The van der Waals surface area contributed by atoms with E-state index in [0.717, 1.165) is 11.8 Å². The molecule has 2 saturated heterocycles. The van der Waals surface area contributed by atoms with Crippen LogP contribution in [-0.2, 0) is 33.2 Å². The number of fused-ring (bicyclic) bond motifs is 3. The predicted octanol–water partition coefficient (Wildman–Crippen LogP) is 5.26. The lowest BCUT2D eigenvalue weighted by Gasteiger charge is -2.50. The number of H-pyrrole nitrogens is 1. The quantitative estimate of drug-likeness (QED) is 0.0613. The molecule has 2 aliphatic heterocycles. The van der Waals surface area contributed by atoms with Crippen molar-refractivity contribution in [1.82, 2.24) is 20.6 Å². The summed E-state index contributed by atoms with van der Waals surface area (Å²) in [6.07, 6.45) is -0.727. The molecule has 9 atom stereocenters. The number of nitrogens with one attached hydrogen (secondary N) is 3. The molecule has 334 valence electrons. The molecular weight excluding hydrogens is 869 g/mol. The summed E-state index contributed by atoms with van der Waals surface area (Å²) in [6, 6.07) is 6.58. The molecular formula is C41H54N4O12S4. The molecule has 61 heavy (non-hydrogen) atoms. The number of methoxy groups -OCH3 is 2. The number of rotatable bonds is 16. The molecule has 0 radical (unpaired) electrons. The third-order valence-electron chi connectivity index (χ3n) is 11.1. The Kier molecular flexibility index (Phi) is 15.9. The van der Waals surface area contributed by atoms with Gasteiger partial charge in [0.05, 0.1) is 55.4 Å². The highest BCUT2D eigenvalue weighted by atomic mass is 33.5. The number of aromatic nitrogens is 2. The first-order chi connectivity index (χ1) is 29.1. The third kappa shape index (κ3) is 9.95. The summed E-state index contributed by atoms with van der Waals surface area (Å²) in [5, 5.41) is 41.9. The summed E-state index contributed by atoms with van der Waals surface area (Å²) in [5.41, 5.74) is -0.0650. The number of aromatic amines is 1. The average molecular weight is 923 g/mol. The van der Waals surface area contributed by atoms with E-state index < -0.39 is 65.5 Å². The number of hydrogen-bond acceptors (Lipinski definition) is 18. The Morgan fingerprint density at radius 2 is 1.95 bits per heavy atom. The first-order valence-electron chi connectivity index (χ1n) is 19.7. The number of phenolic OH excluding ortho intramolecular Hbond substituents is 1. The van der Waals surface area contributed by atoms with Crippen molar-refractivity contribution in [3.05, 3.63) is 59.1 Å². The van der Waals surface area contributed by atoms with Crippen LogP contribution in [0.4, 0.5) is 4.79 Å². The second kappa shape index (κ2) is 20.3.